The van der Waals surface area contributed by atoms with E-state index in [0.717, 1.165) is 35.3 Å². The first-order chi connectivity index (χ1) is 17.8. The number of benzene rings is 1. The average molecular weight is 564 g/mol. The van der Waals surface area contributed by atoms with E-state index in [-0.39, 0.29) is 29.1 Å². The number of hydrogen-bond acceptors (Lipinski definition) is 7. The van der Waals surface area contributed by atoms with Crippen molar-refractivity contribution in [1.29, 1.82) is 0 Å². The molecule has 0 radical (unpaired) electrons. The molecule has 0 bridgehead atoms. The van der Waals surface area contributed by atoms with Crippen LogP contribution in [-0.2, 0) is 23.1 Å². The maximum Gasteiger partial charge on any atom is 0.301 e. The Kier molecular flexibility index (Phi) is 8.08. The molecule has 12 heteroatoms. The standard InChI is InChI=1S/C26H34FN5O4S2/c1-26(2,3)17-7-9-19-16(12-17)14-22-24(29-19)37-25(30-22)23(34)28-20(10-11-33)15-6-8-21(18(27)13-15)31-38(35,36)32(4)5/h6,8,13-14,17,20,31,33H,7,9-12H2,1-5H3,(H,28,34)/t17?,20-/m1/s1. The van der Waals surface area contributed by atoms with Crippen LogP contribution in [0.1, 0.15) is 66.3 Å². The van der Waals surface area contributed by atoms with Crippen molar-refractivity contribution in [2.24, 2.45) is 11.3 Å². The second-order valence-corrected chi connectivity index (χ2v) is 13.8. The zero-order chi connectivity index (χ0) is 27.8. The number of nitrogens with zero attached hydrogens (tertiary/aromatic N) is 3. The minimum absolute atomic E-state index is 0.138. The van der Waals surface area contributed by atoms with E-state index in [0.29, 0.717) is 21.8 Å². The quantitative estimate of drug-likeness (QED) is 0.380. The Morgan fingerprint density at radius 1 is 1.26 bits per heavy atom. The minimum Gasteiger partial charge on any atom is -0.396 e. The molecule has 0 saturated heterocycles. The van der Waals surface area contributed by atoms with Crippen LogP contribution in [0.5, 0.6) is 0 Å². The van der Waals surface area contributed by atoms with Crippen molar-refractivity contribution >= 4 is 43.5 Å². The Morgan fingerprint density at radius 3 is 2.63 bits per heavy atom. The molecule has 1 unspecified atom stereocenters. The molecular formula is C26H34FN5O4S2. The number of nitrogens with one attached hydrogen (secondary N) is 2. The third-order valence-electron chi connectivity index (χ3n) is 7.01. The normalized spacial score (nSPS) is 16.9. The monoisotopic (exact) mass is 563 g/mol. The number of aryl methyl sites for hydroxylation is 1. The molecule has 3 aromatic rings. The van der Waals surface area contributed by atoms with Gasteiger partial charge in [-0.15, -0.1) is 0 Å². The molecule has 1 aliphatic rings. The maximum absolute atomic E-state index is 14.8. The number of aliphatic hydroxyl groups is 1. The maximum atomic E-state index is 14.8. The van der Waals surface area contributed by atoms with E-state index in [2.05, 4.69) is 35.8 Å². The fraction of sp³-hybridized carbons (Fsp3) is 0.500. The van der Waals surface area contributed by atoms with Crippen molar-refractivity contribution in [3.8, 4) is 0 Å². The molecule has 3 N–H and O–H groups in total. The summed E-state index contributed by atoms with van der Waals surface area (Å²) in [6.45, 7) is 6.52. The van der Waals surface area contributed by atoms with Gasteiger partial charge < -0.3 is 10.4 Å². The van der Waals surface area contributed by atoms with Gasteiger partial charge in [0.05, 0.1) is 11.7 Å². The second-order valence-electron chi connectivity index (χ2n) is 10.9. The lowest BCUT2D eigenvalue weighted by atomic mass is 9.71. The number of hydrogen-bond donors (Lipinski definition) is 3. The van der Waals surface area contributed by atoms with Gasteiger partial charge in [-0.25, -0.2) is 14.4 Å². The highest BCUT2D eigenvalue weighted by atomic mass is 32.2. The molecule has 0 saturated carbocycles. The summed E-state index contributed by atoms with van der Waals surface area (Å²) >= 11 is 1.20. The van der Waals surface area contributed by atoms with Gasteiger partial charge in [-0.05, 0) is 66.3 Å². The number of aliphatic hydroxyl groups excluding tert-OH is 1. The molecular weight excluding hydrogens is 529 g/mol. The van der Waals surface area contributed by atoms with Crippen LogP contribution in [0.3, 0.4) is 0 Å². The first kappa shape index (κ1) is 28.3. The third-order valence-corrected chi connectivity index (χ3v) is 9.41. The number of amides is 1. The van der Waals surface area contributed by atoms with Gasteiger partial charge in [0.25, 0.3) is 5.91 Å². The predicted molar refractivity (Wildman–Crippen MR) is 147 cm³/mol. The summed E-state index contributed by atoms with van der Waals surface area (Å²) in [4.78, 5) is 23.2. The Labute approximate surface area is 226 Å². The average Bonchev–Trinajstić information content (AvgIpc) is 3.25. The lowest BCUT2D eigenvalue weighted by Crippen LogP contribution is -2.30. The number of carbonyl (C=O) groups excluding carboxylic acids is 1. The lowest BCUT2D eigenvalue weighted by molar-refractivity contribution is 0.0929. The van der Waals surface area contributed by atoms with Crippen molar-refractivity contribution < 1.29 is 22.7 Å². The summed E-state index contributed by atoms with van der Waals surface area (Å²) in [6.07, 6.45) is 3.05. The third kappa shape index (κ3) is 6.14. The topological polar surface area (TPSA) is 125 Å². The number of halogens is 1. The number of pyridine rings is 1. The van der Waals surface area contributed by atoms with Crippen LogP contribution in [0, 0.1) is 17.2 Å². The van der Waals surface area contributed by atoms with Gasteiger partial charge in [0.15, 0.2) is 5.01 Å². The number of aromatic nitrogens is 2. The van der Waals surface area contributed by atoms with E-state index in [1.807, 2.05) is 6.07 Å². The van der Waals surface area contributed by atoms with E-state index in [1.54, 1.807) is 0 Å². The Bertz CT molecular complexity index is 1450. The van der Waals surface area contributed by atoms with Crippen molar-refractivity contribution in [3.05, 3.63) is 51.9 Å². The van der Waals surface area contributed by atoms with E-state index >= 15 is 0 Å². The fourth-order valence-corrected chi connectivity index (χ4v) is 6.05. The SMILES string of the molecule is CN(C)S(=O)(=O)Nc1ccc([C@@H](CCO)NC(=O)c2nc3cc4c(nc3s2)CCC(C(C)(C)C)C4)cc1F. The van der Waals surface area contributed by atoms with Crippen molar-refractivity contribution in [2.45, 2.75) is 52.5 Å². The molecule has 0 fully saturated rings. The van der Waals surface area contributed by atoms with Gasteiger partial charge >= 0.3 is 10.2 Å². The van der Waals surface area contributed by atoms with E-state index in [4.69, 9.17) is 4.98 Å². The number of anilines is 1. The van der Waals surface area contributed by atoms with Gasteiger partial charge in [0, 0.05) is 26.4 Å². The molecule has 9 nitrogen and oxygen atoms in total. The summed E-state index contributed by atoms with van der Waals surface area (Å²) in [5.41, 5.74) is 3.30. The van der Waals surface area contributed by atoms with E-state index in [1.165, 1.54) is 43.1 Å². The second kappa shape index (κ2) is 10.8. The molecule has 2 aromatic heterocycles. The van der Waals surface area contributed by atoms with Crippen LogP contribution in [0.15, 0.2) is 24.3 Å². The van der Waals surface area contributed by atoms with Crippen molar-refractivity contribution in [2.75, 3.05) is 25.4 Å². The molecule has 0 spiro atoms. The largest absolute Gasteiger partial charge is 0.396 e. The molecule has 2 heterocycles. The van der Waals surface area contributed by atoms with Crippen LogP contribution in [0.25, 0.3) is 10.3 Å². The molecule has 1 amide bonds. The van der Waals surface area contributed by atoms with Crippen LogP contribution in [-0.4, -0.2) is 54.4 Å². The smallest absolute Gasteiger partial charge is 0.301 e. The molecule has 0 aliphatic heterocycles. The Hall–Kier alpha value is -2.67. The number of thiazole rings is 1. The van der Waals surface area contributed by atoms with Gasteiger partial charge in [-0.3, -0.25) is 9.52 Å². The zero-order valence-electron chi connectivity index (χ0n) is 22.2. The summed E-state index contributed by atoms with van der Waals surface area (Å²) < 4.78 is 41.9. The van der Waals surface area contributed by atoms with Crippen LogP contribution >= 0.6 is 11.3 Å². The summed E-state index contributed by atoms with van der Waals surface area (Å²) in [7, 11) is -1.22. The van der Waals surface area contributed by atoms with Gasteiger partial charge in [-0.2, -0.15) is 12.7 Å². The highest BCUT2D eigenvalue weighted by molar-refractivity contribution is 7.90. The minimum atomic E-state index is -3.88. The van der Waals surface area contributed by atoms with Gasteiger partial charge in [0.1, 0.15) is 16.2 Å². The van der Waals surface area contributed by atoms with E-state index < -0.39 is 28.0 Å². The number of carbonyl (C=O) groups is 1. The molecule has 1 aliphatic carbocycles. The fourth-order valence-electron chi connectivity index (χ4n) is 4.58. The molecule has 1 aromatic carbocycles. The summed E-state index contributed by atoms with van der Waals surface area (Å²) in [6, 6.07) is 5.28. The van der Waals surface area contributed by atoms with Gasteiger partial charge in [0.2, 0.25) is 0 Å². The van der Waals surface area contributed by atoms with Gasteiger partial charge in [-0.1, -0.05) is 38.2 Å². The van der Waals surface area contributed by atoms with Crippen LogP contribution in [0.4, 0.5) is 10.1 Å². The molecule has 2 atom stereocenters. The Balaban J connectivity index is 1.54. The lowest BCUT2D eigenvalue weighted by Gasteiger charge is -2.34. The van der Waals surface area contributed by atoms with Crippen molar-refractivity contribution in [3.63, 3.8) is 0 Å². The Morgan fingerprint density at radius 2 is 2.00 bits per heavy atom. The first-order valence-electron chi connectivity index (χ1n) is 12.5. The van der Waals surface area contributed by atoms with Crippen molar-refractivity contribution in [1.82, 2.24) is 19.6 Å². The highest BCUT2D eigenvalue weighted by Crippen LogP contribution is 2.38. The molecule has 38 heavy (non-hydrogen) atoms. The number of fused-ring (bicyclic) bond motifs is 2. The first-order valence-corrected chi connectivity index (χ1v) is 14.7. The zero-order valence-corrected chi connectivity index (χ0v) is 23.8. The summed E-state index contributed by atoms with van der Waals surface area (Å²) in [5, 5.41) is 12.6. The molecule has 206 valence electrons. The van der Waals surface area contributed by atoms with Crippen LogP contribution in [0.2, 0.25) is 0 Å². The molecule has 4 rings (SSSR count). The predicted octanol–water partition coefficient (Wildman–Crippen LogP) is 4.05. The number of rotatable bonds is 8. The van der Waals surface area contributed by atoms with E-state index in [9.17, 15) is 22.7 Å². The summed E-state index contributed by atoms with van der Waals surface area (Å²) in [5.74, 6) is -0.692. The highest BCUT2D eigenvalue weighted by Gasteiger charge is 2.30. The van der Waals surface area contributed by atoms with Crippen LogP contribution < -0.4 is 10.0 Å².